The standard InChI is InChI=1S/C23H26N4O4/c1-29-17-7-5-16(6-8-17)18-13-19-23(28)25-14-22(27(19)26-18)24-11-10-15-4-9-20(30-2)21(12-15)31-3/h4-9,12-13,22,24H,10-11,14H2,1-3H3,(H,25,28). The van der Waals surface area contributed by atoms with E-state index in [4.69, 9.17) is 19.3 Å². The van der Waals surface area contributed by atoms with Crippen LogP contribution in [0.5, 0.6) is 17.2 Å². The van der Waals surface area contributed by atoms with Crippen LogP contribution in [0.15, 0.2) is 48.5 Å². The second-order valence-corrected chi connectivity index (χ2v) is 7.21. The Morgan fingerprint density at radius 1 is 1.03 bits per heavy atom. The van der Waals surface area contributed by atoms with Crippen molar-refractivity contribution in [2.24, 2.45) is 0 Å². The third-order valence-electron chi connectivity index (χ3n) is 5.35. The van der Waals surface area contributed by atoms with E-state index in [1.54, 1.807) is 26.0 Å². The van der Waals surface area contributed by atoms with E-state index in [-0.39, 0.29) is 12.1 Å². The number of aromatic nitrogens is 2. The molecule has 1 amide bonds. The van der Waals surface area contributed by atoms with Gasteiger partial charge in [0, 0.05) is 12.1 Å². The van der Waals surface area contributed by atoms with E-state index in [2.05, 4.69) is 10.6 Å². The summed E-state index contributed by atoms with van der Waals surface area (Å²) in [6, 6.07) is 15.4. The fourth-order valence-electron chi connectivity index (χ4n) is 3.65. The fraction of sp³-hybridized carbons (Fsp3) is 0.304. The first-order valence-corrected chi connectivity index (χ1v) is 10.1. The van der Waals surface area contributed by atoms with Gasteiger partial charge in [0.2, 0.25) is 0 Å². The minimum absolute atomic E-state index is 0.120. The zero-order chi connectivity index (χ0) is 21.8. The number of ether oxygens (including phenoxy) is 3. The van der Waals surface area contributed by atoms with Gasteiger partial charge in [0.15, 0.2) is 11.5 Å². The molecule has 31 heavy (non-hydrogen) atoms. The number of nitrogens with zero attached hydrogens (tertiary/aromatic N) is 2. The Kier molecular flexibility index (Phi) is 6.08. The third-order valence-corrected chi connectivity index (χ3v) is 5.35. The molecule has 0 bridgehead atoms. The van der Waals surface area contributed by atoms with E-state index in [1.807, 2.05) is 48.5 Å². The molecule has 3 aromatic rings. The van der Waals surface area contributed by atoms with E-state index in [9.17, 15) is 4.79 Å². The lowest BCUT2D eigenvalue weighted by Gasteiger charge is -2.25. The smallest absolute Gasteiger partial charge is 0.269 e. The molecular formula is C23H26N4O4. The van der Waals surface area contributed by atoms with Gasteiger partial charge < -0.3 is 19.5 Å². The molecule has 1 unspecified atom stereocenters. The number of nitrogens with one attached hydrogen (secondary N) is 2. The van der Waals surface area contributed by atoms with Crippen molar-refractivity contribution >= 4 is 5.91 Å². The van der Waals surface area contributed by atoms with Gasteiger partial charge in [-0.25, -0.2) is 4.68 Å². The van der Waals surface area contributed by atoms with Gasteiger partial charge in [-0.1, -0.05) is 6.07 Å². The molecule has 0 aliphatic carbocycles. The van der Waals surface area contributed by atoms with Gasteiger partial charge in [0.1, 0.15) is 17.6 Å². The Morgan fingerprint density at radius 3 is 2.52 bits per heavy atom. The minimum atomic E-state index is -0.125. The SMILES string of the molecule is COc1ccc(-c2cc3n(n2)C(NCCc2ccc(OC)c(OC)c2)CNC3=O)cc1. The third kappa shape index (κ3) is 4.34. The van der Waals surface area contributed by atoms with Crippen LogP contribution in [-0.4, -0.2) is 50.1 Å². The maximum absolute atomic E-state index is 12.4. The number of benzene rings is 2. The highest BCUT2D eigenvalue weighted by molar-refractivity contribution is 5.94. The Hall–Kier alpha value is -3.52. The number of fused-ring (bicyclic) bond motifs is 1. The summed E-state index contributed by atoms with van der Waals surface area (Å²) < 4.78 is 17.7. The highest BCUT2D eigenvalue weighted by Gasteiger charge is 2.27. The topological polar surface area (TPSA) is 86.6 Å². The van der Waals surface area contributed by atoms with Gasteiger partial charge in [-0.15, -0.1) is 0 Å². The summed E-state index contributed by atoms with van der Waals surface area (Å²) in [4.78, 5) is 12.4. The van der Waals surface area contributed by atoms with Crippen LogP contribution in [0.3, 0.4) is 0 Å². The van der Waals surface area contributed by atoms with E-state index in [1.165, 1.54) is 0 Å². The van der Waals surface area contributed by atoms with Gasteiger partial charge in [0.05, 0.1) is 33.6 Å². The lowest BCUT2D eigenvalue weighted by molar-refractivity contribution is 0.0901. The first-order chi connectivity index (χ1) is 15.1. The van der Waals surface area contributed by atoms with E-state index in [0.717, 1.165) is 29.0 Å². The molecule has 8 heteroatoms. The Bertz CT molecular complexity index is 1060. The molecule has 0 radical (unpaired) electrons. The first kappa shape index (κ1) is 20.7. The molecule has 0 saturated heterocycles. The van der Waals surface area contributed by atoms with Crippen LogP contribution in [0.25, 0.3) is 11.3 Å². The number of hydrogen-bond donors (Lipinski definition) is 2. The maximum atomic E-state index is 12.4. The highest BCUT2D eigenvalue weighted by Crippen LogP contribution is 2.28. The molecule has 2 aromatic carbocycles. The number of rotatable bonds is 8. The highest BCUT2D eigenvalue weighted by atomic mass is 16.5. The summed E-state index contributed by atoms with van der Waals surface area (Å²) in [6.45, 7) is 1.19. The summed E-state index contributed by atoms with van der Waals surface area (Å²) in [5, 5.41) is 11.1. The molecule has 0 fully saturated rings. The molecule has 4 rings (SSSR count). The largest absolute Gasteiger partial charge is 0.497 e. The quantitative estimate of drug-likeness (QED) is 0.581. The minimum Gasteiger partial charge on any atom is -0.497 e. The fourth-order valence-corrected chi connectivity index (χ4v) is 3.65. The van der Waals surface area contributed by atoms with Crippen LogP contribution in [0.1, 0.15) is 22.2 Å². The molecule has 162 valence electrons. The van der Waals surface area contributed by atoms with Crippen molar-refractivity contribution in [1.82, 2.24) is 20.4 Å². The molecule has 1 aliphatic heterocycles. The van der Waals surface area contributed by atoms with Gasteiger partial charge >= 0.3 is 0 Å². The summed E-state index contributed by atoms with van der Waals surface area (Å²) in [6.07, 6.45) is 0.673. The van der Waals surface area contributed by atoms with Gasteiger partial charge in [-0.2, -0.15) is 5.10 Å². The molecule has 1 atom stereocenters. The summed E-state index contributed by atoms with van der Waals surface area (Å²) in [5.74, 6) is 2.08. The van der Waals surface area contributed by atoms with E-state index >= 15 is 0 Å². The predicted octanol–water partition coefficient (Wildman–Crippen LogP) is 2.65. The van der Waals surface area contributed by atoms with Crippen molar-refractivity contribution in [3.05, 3.63) is 59.8 Å². The maximum Gasteiger partial charge on any atom is 0.269 e. The Labute approximate surface area is 181 Å². The van der Waals surface area contributed by atoms with Crippen molar-refractivity contribution in [2.45, 2.75) is 12.6 Å². The normalized spacial score (nSPS) is 15.2. The van der Waals surface area contributed by atoms with Crippen molar-refractivity contribution < 1.29 is 19.0 Å². The number of amides is 1. The van der Waals surface area contributed by atoms with E-state index in [0.29, 0.717) is 30.3 Å². The summed E-state index contributed by atoms with van der Waals surface area (Å²) in [5.41, 5.74) is 3.35. The van der Waals surface area contributed by atoms with Crippen LogP contribution in [0, 0.1) is 0 Å². The number of methoxy groups -OCH3 is 3. The van der Waals surface area contributed by atoms with Gasteiger partial charge in [0.25, 0.3) is 5.91 Å². The second-order valence-electron chi connectivity index (χ2n) is 7.21. The van der Waals surface area contributed by atoms with Crippen molar-refractivity contribution in [1.29, 1.82) is 0 Å². The number of carbonyl (C=O) groups is 1. The van der Waals surface area contributed by atoms with Crippen LogP contribution >= 0.6 is 0 Å². The molecule has 2 N–H and O–H groups in total. The van der Waals surface area contributed by atoms with Crippen molar-refractivity contribution in [3.8, 4) is 28.5 Å². The number of carbonyl (C=O) groups excluding carboxylic acids is 1. The molecule has 2 heterocycles. The average Bonchev–Trinajstić information content (AvgIpc) is 3.27. The summed E-state index contributed by atoms with van der Waals surface area (Å²) >= 11 is 0. The van der Waals surface area contributed by atoms with Crippen LogP contribution < -0.4 is 24.8 Å². The molecular weight excluding hydrogens is 396 g/mol. The van der Waals surface area contributed by atoms with Crippen LogP contribution in [0.4, 0.5) is 0 Å². The Morgan fingerprint density at radius 2 is 1.81 bits per heavy atom. The van der Waals surface area contributed by atoms with Gasteiger partial charge in [-0.05, 0) is 54.4 Å². The molecule has 1 aliphatic rings. The monoisotopic (exact) mass is 422 g/mol. The number of hydrogen-bond acceptors (Lipinski definition) is 6. The summed E-state index contributed by atoms with van der Waals surface area (Å²) in [7, 11) is 4.88. The lowest BCUT2D eigenvalue weighted by atomic mass is 10.1. The Balaban J connectivity index is 1.47. The molecule has 0 saturated carbocycles. The van der Waals surface area contributed by atoms with Gasteiger partial charge in [-0.3, -0.25) is 10.1 Å². The zero-order valence-corrected chi connectivity index (χ0v) is 17.8. The first-order valence-electron chi connectivity index (χ1n) is 10.1. The van der Waals surface area contributed by atoms with Crippen LogP contribution in [0.2, 0.25) is 0 Å². The lowest BCUT2D eigenvalue weighted by Crippen LogP contribution is -2.45. The second kappa shape index (κ2) is 9.09. The molecule has 1 aromatic heterocycles. The van der Waals surface area contributed by atoms with Crippen molar-refractivity contribution in [3.63, 3.8) is 0 Å². The molecule has 8 nitrogen and oxygen atoms in total. The van der Waals surface area contributed by atoms with E-state index < -0.39 is 0 Å². The van der Waals surface area contributed by atoms with Crippen LogP contribution in [-0.2, 0) is 6.42 Å². The van der Waals surface area contributed by atoms with Crippen molar-refractivity contribution in [2.75, 3.05) is 34.4 Å². The molecule has 0 spiro atoms. The average molecular weight is 422 g/mol. The predicted molar refractivity (Wildman–Crippen MR) is 117 cm³/mol. The zero-order valence-electron chi connectivity index (χ0n) is 17.8.